The van der Waals surface area contributed by atoms with Crippen molar-refractivity contribution in [3.05, 3.63) is 103 Å². The Balaban J connectivity index is 1.42. The quantitative estimate of drug-likeness (QED) is 0.0548. The molecule has 0 spiro atoms. The maximum absolute atomic E-state index is 13.8. The Morgan fingerprint density at radius 1 is 0.591 bits per heavy atom. The van der Waals surface area contributed by atoms with Gasteiger partial charge in [0.15, 0.2) is 17.1 Å². The molecule has 0 fully saturated rings. The van der Waals surface area contributed by atoms with Crippen molar-refractivity contribution >= 4 is 42.4 Å². The molecule has 1 atom stereocenters. The van der Waals surface area contributed by atoms with E-state index in [-0.39, 0.29) is 0 Å². The molecule has 0 saturated heterocycles. The molecular weight excluding hydrogens is 586 g/mol. The lowest BCUT2D eigenvalue weighted by molar-refractivity contribution is 0.245. The number of benzene rings is 4. The van der Waals surface area contributed by atoms with Gasteiger partial charge in [-0.05, 0) is 53.5 Å². The van der Waals surface area contributed by atoms with E-state index in [1.807, 2.05) is 103 Å². The van der Waals surface area contributed by atoms with Crippen LogP contribution in [0.5, 0.6) is 11.5 Å². The molecule has 0 aliphatic heterocycles. The molecule has 4 aromatic carbocycles. The highest BCUT2D eigenvalue weighted by Crippen LogP contribution is 2.62. The molecule has 0 bridgehead atoms. The van der Waals surface area contributed by atoms with Crippen molar-refractivity contribution in [3.8, 4) is 11.5 Å². The van der Waals surface area contributed by atoms with Gasteiger partial charge < -0.3 is 0 Å². The summed E-state index contributed by atoms with van der Waals surface area (Å²) < 4.78 is 40.1. The first kappa shape index (κ1) is 32.2. The van der Waals surface area contributed by atoms with E-state index < -0.39 is 15.6 Å². The lowest BCUT2D eigenvalue weighted by Crippen LogP contribution is -2.25. The number of unbranched alkanes of at least 4 members (excludes halogenated alkanes) is 10. The average Bonchev–Trinajstić information content (AvgIpc) is 3.06. The normalized spacial score (nSPS) is 12.1. The molecule has 5 rings (SSSR count). The smallest absolute Gasteiger partial charge is 0.274 e. The zero-order chi connectivity index (χ0) is 30.5. The van der Waals surface area contributed by atoms with E-state index in [1.165, 1.54) is 57.8 Å². The van der Waals surface area contributed by atoms with Crippen LogP contribution >= 0.6 is 15.6 Å². The molecule has 1 heterocycles. The van der Waals surface area contributed by atoms with E-state index in [0.29, 0.717) is 34.1 Å². The first-order chi connectivity index (χ1) is 21.7. The molecule has 0 aliphatic rings. The fourth-order valence-electron chi connectivity index (χ4n) is 5.50. The predicted molar refractivity (Wildman–Crippen MR) is 184 cm³/mol. The maximum Gasteiger partial charge on any atom is 0.602 e. The largest absolute Gasteiger partial charge is 0.602 e. The van der Waals surface area contributed by atoms with Crippen molar-refractivity contribution in [2.45, 2.75) is 77.6 Å². The van der Waals surface area contributed by atoms with Crippen LogP contribution < -0.4 is 14.4 Å². The fourth-order valence-corrected chi connectivity index (χ4v) is 9.49. The molecular formula is C37H44O5P2+2. The van der Waals surface area contributed by atoms with Gasteiger partial charge in [-0.15, -0.1) is 0 Å². The van der Waals surface area contributed by atoms with E-state index in [9.17, 15) is 4.57 Å². The van der Waals surface area contributed by atoms with E-state index in [1.54, 1.807) is 0 Å². The summed E-state index contributed by atoms with van der Waals surface area (Å²) in [5.41, 5.74) is 0.608. The van der Waals surface area contributed by atoms with E-state index in [0.717, 1.165) is 23.6 Å². The van der Waals surface area contributed by atoms with Crippen molar-refractivity contribution in [2.24, 2.45) is 0 Å². The molecule has 1 aromatic heterocycles. The van der Waals surface area contributed by atoms with Crippen LogP contribution in [-0.2, 0) is 9.09 Å². The number of para-hydroxylation sites is 3. The zero-order valence-corrected chi connectivity index (χ0v) is 27.5. The monoisotopic (exact) mass is 630 g/mol. The Bertz CT molecular complexity index is 1600. The minimum Gasteiger partial charge on any atom is -0.274 e. The molecule has 0 N–H and O–H groups in total. The molecule has 0 radical (unpaired) electrons. The van der Waals surface area contributed by atoms with E-state index in [2.05, 4.69) is 6.92 Å². The molecule has 5 aromatic rings. The van der Waals surface area contributed by atoms with Crippen LogP contribution in [0, 0.1) is 0 Å². The summed E-state index contributed by atoms with van der Waals surface area (Å²) in [7, 11) is -5.57. The Labute approximate surface area is 263 Å². The lowest BCUT2D eigenvalue weighted by atomic mass is 10.1. The highest BCUT2D eigenvalue weighted by atomic mass is 31.2. The fraction of sp³-hybridized carbons (Fsp3) is 0.351. The van der Waals surface area contributed by atoms with Gasteiger partial charge in [-0.3, -0.25) is 9.05 Å². The number of fused-ring (bicyclic) bond motifs is 3. The minimum absolute atomic E-state index is 0.461. The second-order valence-electron chi connectivity index (χ2n) is 11.2. The highest BCUT2D eigenvalue weighted by Gasteiger charge is 2.56. The van der Waals surface area contributed by atoms with Gasteiger partial charge in [0.2, 0.25) is 0 Å². The zero-order valence-electron chi connectivity index (χ0n) is 25.7. The van der Waals surface area contributed by atoms with Crippen LogP contribution in [0.1, 0.15) is 77.6 Å². The third-order valence-electron chi connectivity index (χ3n) is 7.80. The average molecular weight is 631 g/mol. The van der Waals surface area contributed by atoms with Gasteiger partial charge in [0.25, 0.3) is 10.4 Å². The van der Waals surface area contributed by atoms with Crippen molar-refractivity contribution in [3.63, 3.8) is 0 Å². The summed E-state index contributed by atoms with van der Waals surface area (Å²) >= 11 is 0. The van der Waals surface area contributed by atoms with Crippen molar-refractivity contribution in [1.29, 1.82) is 0 Å². The van der Waals surface area contributed by atoms with Crippen molar-refractivity contribution in [2.75, 3.05) is 6.61 Å². The molecule has 0 saturated carbocycles. The Morgan fingerprint density at radius 2 is 1.11 bits per heavy atom. The van der Waals surface area contributed by atoms with Gasteiger partial charge in [0.05, 0.1) is 6.61 Å². The van der Waals surface area contributed by atoms with Gasteiger partial charge in [-0.25, -0.2) is 4.20 Å². The second-order valence-corrected chi connectivity index (χ2v) is 14.4. The molecule has 1 unspecified atom stereocenters. The van der Waals surface area contributed by atoms with Gasteiger partial charge in [0, 0.05) is 10.8 Å². The Hall–Kier alpha value is -3.23. The van der Waals surface area contributed by atoms with Crippen LogP contribution in [0.15, 0.2) is 107 Å². The first-order valence-corrected chi connectivity index (χ1v) is 18.8. The van der Waals surface area contributed by atoms with E-state index >= 15 is 0 Å². The number of hydrogen-bond acceptors (Lipinski definition) is 5. The van der Waals surface area contributed by atoms with Gasteiger partial charge in [-0.1, -0.05) is 132 Å². The SMILES string of the molecule is CCCCCCCCCCCCCO[P+](Oc1ccccc1)(Oc1ccccc1)c1cccc2c3ccccc3o[p+](=O)c12. The summed E-state index contributed by atoms with van der Waals surface area (Å²) in [6.45, 7) is 2.72. The molecule has 5 nitrogen and oxygen atoms in total. The molecule has 44 heavy (non-hydrogen) atoms. The highest BCUT2D eigenvalue weighted by molar-refractivity contribution is 7.71. The van der Waals surface area contributed by atoms with Gasteiger partial charge in [-0.2, -0.15) is 4.52 Å². The molecule has 0 aliphatic carbocycles. The standard InChI is InChI=1S/C37H44O5P2/c1-2-3-4-5-6-7-8-9-10-11-20-30-39-44(41-31-22-14-12-15-23-31,42-32-24-16-13-17-25-32)36-29-21-27-34-33-26-18-19-28-35(33)40-43(38)37(34)36/h12-19,21-29H,2-11,20,30H2,1H3/q+2. The van der Waals surface area contributed by atoms with Crippen LogP contribution in [0.4, 0.5) is 0 Å². The number of rotatable bonds is 18. The molecule has 230 valence electrons. The summed E-state index contributed by atoms with van der Waals surface area (Å²) in [5, 5.41) is 2.95. The number of hydrogen-bond donors (Lipinski definition) is 0. The summed E-state index contributed by atoms with van der Waals surface area (Å²) in [4.78, 5) is 0. The van der Waals surface area contributed by atoms with Crippen LogP contribution in [-0.4, -0.2) is 6.61 Å². The maximum atomic E-state index is 13.8. The van der Waals surface area contributed by atoms with Gasteiger partial charge in [0.1, 0.15) is 0 Å². The van der Waals surface area contributed by atoms with Crippen LogP contribution in [0.2, 0.25) is 0 Å². The lowest BCUT2D eigenvalue weighted by Gasteiger charge is -2.22. The summed E-state index contributed by atoms with van der Waals surface area (Å²) in [6.07, 6.45) is 13.7. The molecule has 7 heteroatoms. The van der Waals surface area contributed by atoms with Crippen LogP contribution in [0.25, 0.3) is 21.5 Å². The van der Waals surface area contributed by atoms with Gasteiger partial charge >= 0.3 is 15.6 Å². The third-order valence-corrected chi connectivity index (χ3v) is 11.6. The van der Waals surface area contributed by atoms with E-state index in [4.69, 9.17) is 17.8 Å². The second kappa shape index (κ2) is 16.7. The van der Waals surface area contributed by atoms with Crippen molar-refractivity contribution in [1.82, 2.24) is 0 Å². The van der Waals surface area contributed by atoms with Crippen LogP contribution in [0.3, 0.4) is 0 Å². The Kier molecular flexibility index (Phi) is 12.2. The van der Waals surface area contributed by atoms with Crippen molar-refractivity contribution < 1.29 is 22.3 Å². The minimum atomic E-state index is -3.35. The summed E-state index contributed by atoms with van der Waals surface area (Å²) in [5.74, 6) is 1.25. The predicted octanol–water partition coefficient (Wildman–Crippen LogP) is 12.2. The first-order valence-electron chi connectivity index (χ1n) is 16.1. The third kappa shape index (κ3) is 8.48. The molecule has 0 amide bonds. The topological polar surface area (TPSA) is 57.9 Å². The summed E-state index contributed by atoms with van der Waals surface area (Å²) in [6, 6.07) is 32.8. The Morgan fingerprint density at radius 3 is 1.73 bits per heavy atom.